The van der Waals surface area contributed by atoms with Gasteiger partial charge < -0.3 is 0 Å². The van der Waals surface area contributed by atoms with Crippen LogP contribution in [0.5, 0.6) is 0 Å². The molecular formula is C8H6BrFN2. The first-order chi connectivity index (χ1) is 5.68. The zero-order chi connectivity index (χ0) is 8.72. The number of nitrogens with zero attached hydrogens (tertiary/aromatic N) is 1. The van der Waals surface area contributed by atoms with Gasteiger partial charge in [-0.3, -0.25) is 5.10 Å². The summed E-state index contributed by atoms with van der Waals surface area (Å²) in [4.78, 5) is 0. The molecule has 0 aliphatic carbocycles. The number of H-pyrrole nitrogens is 1. The second kappa shape index (κ2) is 2.55. The third kappa shape index (κ3) is 1.03. The quantitative estimate of drug-likeness (QED) is 0.739. The fraction of sp³-hybridized carbons (Fsp3) is 0.125. The van der Waals surface area contributed by atoms with Crippen LogP contribution in [0, 0.1) is 12.7 Å². The molecule has 0 amide bonds. The van der Waals surface area contributed by atoms with Gasteiger partial charge in [-0.25, -0.2) is 4.39 Å². The lowest BCUT2D eigenvalue weighted by Crippen LogP contribution is -1.80. The van der Waals surface area contributed by atoms with Gasteiger partial charge in [0.1, 0.15) is 10.4 Å². The Bertz CT molecular complexity index is 436. The molecule has 0 saturated carbocycles. The summed E-state index contributed by atoms with van der Waals surface area (Å²) in [6.45, 7) is 1.73. The van der Waals surface area contributed by atoms with Gasteiger partial charge in [-0.05, 0) is 34.5 Å². The van der Waals surface area contributed by atoms with Crippen molar-refractivity contribution in [3.05, 3.63) is 28.1 Å². The molecule has 0 atom stereocenters. The number of hydrogen-bond donors (Lipinski definition) is 1. The first kappa shape index (κ1) is 7.73. The summed E-state index contributed by atoms with van der Waals surface area (Å²) in [7, 11) is 0. The van der Waals surface area contributed by atoms with Gasteiger partial charge in [0, 0.05) is 11.5 Å². The number of rotatable bonds is 0. The van der Waals surface area contributed by atoms with E-state index < -0.39 is 0 Å². The van der Waals surface area contributed by atoms with Crippen molar-refractivity contribution in [1.82, 2.24) is 10.2 Å². The Morgan fingerprint density at radius 3 is 3.00 bits per heavy atom. The van der Waals surface area contributed by atoms with Gasteiger partial charge >= 0.3 is 0 Å². The predicted molar refractivity (Wildman–Crippen MR) is 48.5 cm³/mol. The van der Waals surface area contributed by atoms with E-state index >= 15 is 0 Å². The van der Waals surface area contributed by atoms with Crippen molar-refractivity contribution in [1.29, 1.82) is 0 Å². The van der Waals surface area contributed by atoms with E-state index in [1.165, 1.54) is 6.07 Å². The van der Waals surface area contributed by atoms with Crippen LogP contribution in [0.4, 0.5) is 4.39 Å². The summed E-state index contributed by atoms with van der Waals surface area (Å²) in [6.07, 6.45) is 0. The lowest BCUT2D eigenvalue weighted by molar-refractivity contribution is 0.620. The first-order valence-corrected chi connectivity index (χ1v) is 4.27. The van der Waals surface area contributed by atoms with Crippen molar-refractivity contribution in [2.75, 3.05) is 0 Å². The minimum Gasteiger partial charge on any atom is -0.270 e. The molecule has 2 rings (SSSR count). The maximum Gasteiger partial charge on any atom is 0.128 e. The number of hydrogen-bond acceptors (Lipinski definition) is 1. The number of fused-ring (bicyclic) bond motifs is 1. The average molecular weight is 229 g/mol. The lowest BCUT2D eigenvalue weighted by Gasteiger charge is -1.94. The number of nitrogens with one attached hydrogen (secondary N) is 1. The maximum absolute atomic E-state index is 13.0. The van der Waals surface area contributed by atoms with Crippen LogP contribution < -0.4 is 0 Å². The molecule has 2 nitrogen and oxygen atoms in total. The molecule has 1 N–H and O–H groups in total. The largest absolute Gasteiger partial charge is 0.270 e. The molecule has 0 aliphatic rings. The van der Waals surface area contributed by atoms with E-state index in [4.69, 9.17) is 0 Å². The monoisotopic (exact) mass is 228 g/mol. The first-order valence-electron chi connectivity index (χ1n) is 3.48. The van der Waals surface area contributed by atoms with Crippen LogP contribution in [-0.2, 0) is 0 Å². The number of aromatic nitrogens is 2. The van der Waals surface area contributed by atoms with Crippen molar-refractivity contribution in [2.45, 2.75) is 6.92 Å². The zero-order valence-electron chi connectivity index (χ0n) is 6.36. The zero-order valence-corrected chi connectivity index (χ0v) is 7.94. The molecule has 2 aromatic rings. The molecule has 12 heavy (non-hydrogen) atoms. The molecule has 0 aliphatic heterocycles. The van der Waals surface area contributed by atoms with E-state index in [-0.39, 0.29) is 5.82 Å². The Balaban J connectivity index is 2.87. The highest BCUT2D eigenvalue weighted by molar-refractivity contribution is 9.10. The van der Waals surface area contributed by atoms with Crippen LogP contribution in [-0.4, -0.2) is 10.2 Å². The van der Waals surface area contributed by atoms with Crippen molar-refractivity contribution < 1.29 is 4.39 Å². The molecule has 1 aromatic carbocycles. The van der Waals surface area contributed by atoms with E-state index in [9.17, 15) is 4.39 Å². The molecule has 0 bridgehead atoms. The van der Waals surface area contributed by atoms with Gasteiger partial charge in [-0.15, -0.1) is 0 Å². The number of aromatic amines is 1. The molecular weight excluding hydrogens is 223 g/mol. The van der Waals surface area contributed by atoms with Gasteiger partial charge in [0.05, 0.1) is 5.52 Å². The minimum atomic E-state index is -0.221. The van der Waals surface area contributed by atoms with E-state index in [2.05, 4.69) is 26.1 Å². The van der Waals surface area contributed by atoms with E-state index in [0.717, 1.165) is 9.99 Å². The average Bonchev–Trinajstić information content (AvgIpc) is 2.35. The standard InChI is InChI=1S/C8H6BrFN2/c1-4-2-5-7(3-6(4)10)11-12-8(5)9/h2-3H,1H3,(H,11,12). The summed E-state index contributed by atoms with van der Waals surface area (Å²) in [5.74, 6) is -0.221. The fourth-order valence-corrected chi connectivity index (χ4v) is 1.52. The molecule has 0 spiro atoms. The van der Waals surface area contributed by atoms with Gasteiger partial charge in [-0.1, -0.05) is 0 Å². The van der Waals surface area contributed by atoms with Crippen molar-refractivity contribution in [3.8, 4) is 0 Å². The predicted octanol–water partition coefficient (Wildman–Crippen LogP) is 2.77. The van der Waals surface area contributed by atoms with Crippen molar-refractivity contribution in [2.24, 2.45) is 0 Å². The number of benzene rings is 1. The van der Waals surface area contributed by atoms with Crippen LogP contribution in [0.3, 0.4) is 0 Å². The molecule has 1 aromatic heterocycles. The molecule has 62 valence electrons. The maximum atomic E-state index is 13.0. The van der Waals surface area contributed by atoms with E-state index in [0.29, 0.717) is 11.1 Å². The summed E-state index contributed by atoms with van der Waals surface area (Å²) in [5.41, 5.74) is 1.27. The minimum absolute atomic E-state index is 0.221. The van der Waals surface area contributed by atoms with Crippen LogP contribution in [0.25, 0.3) is 10.9 Å². The fourth-order valence-electron chi connectivity index (χ4n) is 1.11. The topological polar surface area (TPSA) is 28.7 Å². The molecule has 1 heterocycles. The molecule has 0 saturated heterocycles. The summed E-state index contributed by atoms with van der Waals surface area (Å²) < 4.78 is 13.8. The highest BCUT2D eigenvalue weighted by atomic mass is 79.9. The second-order valence-corrected chi connectivity index (χ2v) is 3.45. The molecule has 0 radical (unpaired) electrons. The van der Waals surface area contributed by atoms with Crippen LogP contribution in [0.2, 0.25) is 0 Å². The van der Waals surface area contributed by atoms with Gasteiger partial charge in [0.15, 0.2) is 0 Å². The molecule has 4 heteroatoms. The highest BCUT2D eigenvalue weighted by Gasteiger charge is 2.05. The Hall–Kier alpha value is -0.900. The number of halogens is 2. The van der Waals surface area contributed by atoms with Gasteiger partial charge in [0.25, 0.3) is 0 Å². The van der Waals surface area contributed by atoms with E-state index in [1.54, 1.807) is 13.0 Å². The Labute approximate surface area is 76.9 Å². The Morgan fingerprint density at radius 2 is 2.25 bits per heavy atom. The van der Waals surface area contributed by atoms with Crippen LogP contribution in [0.1, 0.15) is 5.56 Å². The van der Waals surface area contributed by atoms with Crippen LogP contribution >= 0.6 is 15.9 Å². The SMILES string of the molecule is Cc1cc2c(Br)[nH]nc2cc1F. The number of aryl methyl sites for hydroxylation is 1. The van der Waals surface area contributed by atoms with Crippen molar-refractivity contribution >= 4 is 26.8 Å². The second-order valence-electron chi connectivity index (χ2n) is 2.66. The highest BCUT2D eigenvalue weighted by Crippen LogP contribution is 2.23. The summed E-state index contributed by atoms with van der Waals surface area (Å²) >= 11 is 3.29. The Kier molecular flexibility index (Phi) is 1.65. The summed E-state index contributed by atoms with van der Waals surface area (Å²) in [5, 5.41) is 7.55. The normalized spacial score (nSPS) is 10.9. The third-order valence-electron chi connectivity index (χ3n) is 1.79. The van der Waals surface area contributed by atoms with Gasteiger partial charge in [0.2, 0.25) is 0 Å². The smallest absolute Gasteiger partial charge is 0.128 e. The van der Waals surface area contributed by atoms with E-state index in [1.807, 2.05) is 0 Å². The van der Waals surface area contributed by atoms with Crippen molar-refractivity contribution in [3.63, 3.8) is 0 Å². The van der Waals surface area contributed by atoms with Crippen LogP contribution in [0.15, 0.2) is 16.7 Å². The Morgan fingerprint density at radius 1 is 1.50 bits per heavy atom. The molecule has 0 fully saturated rings. The lowest BCUT2D eigenvalue weighted by atomic mass is 10.2. The molecule has 0 unspecified atom stereocenters. The third-order valence-corrected chi connectivity index (χ3v) is 2.39. The van der Waals surface area contributed by atoms with Gasteiger partial charge in [-0.2, -0.15) is 5.10 Å². The summed E-state index contributed by atoms with van der Waals surface area (Å²) in [6, 6.07) is 3.18.